The Hall–Kier alpha value is -2.50. The molecule has 1 N–H and O–H groups in total. The zero-order chi connectivity index (χ0) is 13.7. The van der Waals surface area contributed by atoms with E-state index in [1.807, 2.05) is 0 Å². The maximum atomic E-state index is 13.3. The van der Waals surface area contributed by atoms with Crippen molar-refractivity contribution in [3.05, 3.63) is 48.2 Å². The van der Waals surface area contributed by atoms with Gasteiger partial charge < -0.3 is 10.1 Å². The number of ether oxygens (including phenoxy) is 1. The van der Waals surface area contributed by atoms with E-state index in [0.717, 1.165) is 5.69 Å². The molecule has 1 aromatic heterocycles. The largest absolute Gasteiger partial charge is 0.467 e. The monoisotopic (exact) mass is 261 g/mol. The molecule has 0 atom stereocenters. The van der Waals surface area contributed by atoms with E-state index in [9.17, 15) is 9.18 Å². The summed E-state index contributed by atoms with van der Waals surface area (Å²) >= 11 is 0. The predicted octanol–water partition coefficient (Wildman–Crippen LogP) is 1.94. The Labute approximate surface area is 109 Å². The van der Waals surface area contributed by atoms with Crippen LogP contribution in [0.3, 0.4) is 0 Å². The van der Waals surface area contributed by atoms with Crippen LogP contribution in [-0.2, 0) is 4.79 Å². The van der Waals surface area contributed by atoms with Gasteiger partial charge in [-0.2, -0.15) is 0 Å². The summed E-state index contributed by atoms with van der Waals surface area (Å²) in [4.78, 5) is 19.3. The molecule has 0 aliphatic carbocycles. The van der Waals surface area contributed by atoms with Gasteiger partial charge in [-0.3, -0.25) is 4.79 Å². The third kappa shape index (κ3) is 3.74. The molecule has 0 saturated heterocycles. The lowest BCUT2D eigenvalue weighted by atomic mass is 10.3. The smallest absolute Gasteiger partial charge is 0.262 e. The standard InChI is InChI=1S/C13H12FN3O2/c1-9-6-13(16-8-15-9)19-7-12(18)17-11-5-3-2-4-10(11)14/h2-6,8H,7H2,1H3,(H,17,18). The van der Waals surface area contributed by atoms with Gasteiger partial charge in [-0.25, -0.2) is 14.4 Å². The molecule has 0 aliphatic heterocycles. The number of aromatic nitrogens is 2. The Bertz CT molecular complexity index is 590. The van der Waals surface area contributed by atoms with Crippen LogP contribution in [0.2, 0.25) is 0 Å². The van der Waals surface area contributed by atoms with Crippen molar-refractivity contribution < 1.29 is 13.9 Å². The second-order valence-corrected chi connectivity index (χ2v) is 3.81. The number of rotatable bonds is 4. The zero-order valence-corrected chi connectivity index (χ0v) is 10.3. The van der Waals surface area contributed by atoms with Gasteiger partial charge in [0.1, 0.15) is 12.1 Å². The van der Waals surface area contributed by atoms with Crippen LogP contribution in [0.25, 0.3) is 0 Å². The van der Waals surface area contributed by atoms with Crippen molar-refractivity contribution in [2.24, 2.45) is 0 Å². The third-order valence-electron chi connectivity index (χ3n) is 2.28. The molecular formula is C13H12FN3O2. The lowest BCUT2D eigenvalue weighted by Crippen LogP contribution is -2.21. The van der Waals surface area contributed by atoms with Crippen LogP contribution in [0.4, 0.5) is 10.1 Å². The maximum Gasteiger partial charge on any atom is 0.262 e. The van der Waals surface area contributed by atoms with E-state index in [1.165, 1.54) is 18.5 Å². The fraction of sp³-hybridized carbons (Fsp3) is 0.154. The topological polar surface area (TPSA) is 64.1 Å². The first-order valence-corrected chi connectivity index (χ1v) is 5.61. The molecule has 0 fully saturated rings. The fourth-order valence-corrected chi connectivity index (χ4v) is 1.40. The molecule has 2 aromatic rings. The molecule has 0 bridgehead atoms. The first-order valence-electron chi connectivity index (χ1n) is 5.61. The molecule has 1 heterocycles. The van der Waals surface area contributed by atoms with Gasteiger partial charge in [0, 0.05) is 11.8 Å². The number of carbonyl (C=O) groups excluding carboxylic acids is 1. The van der Waals surface area contributed by atoms with Gasteiger partial charge in [-0.1, -0.05) is 12.1 Å². The summed E-state index contributed by atoms with van der Waals surface area (Å²) in [6.07, 6.45) is 1.35. The van der Waals surface area contributed by atoms with Crippen LogP contribution in [0.5, 0.6) is 5.88 Å². The highest BCUT2D eigenvalue weighted by Gasteiger charge is 2.07. The number of para-hydroxylation sites is 1. The van der Waals surface area contributed by atoms with E-state index in [4.69, 9.17) is 4.74 Å². The summed E-state index contributed by atoms with van der Waals surface area (Å²) in [5.41, 5.74) is 0.856. The molecule has 98 valence electrons. The van der Waals surface area contributed by atoms with E-state index < -0.39 is 11.7 Å². The van der Waals surface area contributed by atoms with E-state index in [0.29, 0.717) is 5.88 Å². The zero-order valence-electron chi connectivity index (χ0n) is 10.3. The quantitative estimate of drug-likeness (QED) is 0.913. The summed E-state index contributed by atoms with van der Waals surface area (Å²) in [7, 11) is 0. The molecule has 19 heavy (non-hydrogen) atoms. The molecule has 2 rings (SSSR count). The summed E-state index contributed by atoms with van der Waals surface area (Å²) in [6, 6.07) is 7.53. The van der Waals surface area contributed by atoms with Gasteiger partial charge in [0.25, 0.3) is 5.91 Å². The predicted molar refractivity (Wildman–Crippen MR) is 67.3 cm³/mol. The van der Waals surface area contributed by atoms with Gasteiger partial charge in [-0.15, -0.1) is 0 Å². The van der Waals surface area contributed by atoms with E-state index in [1.54, 1.807) is 25.1 Å². The fourth-order valence-electron chi connectivity index (χ4n) is 1.40. The highest BCUT2D eigenvalue weighted by molar-refractivity contribution is 5.91. The maximum absolute atomic E-state index is 13.3. The van der Waals surface area contributed by atoms with Crippen LogP contribution < -0.4 is 10.1 Å². The molecule has 5 nitrogen and oxygen atoms in total. The molecule has 0 spiro atoms. The van der Waals surface area contributed by atoms with E-state index in [-0.39, 0.29) is 12.3 Å². The second kappa shape index (κ2) is 5.90. The highest BCUT2D eigenvalue weighted by atomic mass is 19.1. The molecule has 1 aromatic carbocycles. The highest BCUT2D eigenvalue weighted by Crippen LogP contribution is 2.12. The van der Waals surface area contributed by atoms with Crippen molar-refractivity contribution in [2.75, 3.05) is 11.9 Å². The number of anilines is 1. The van der Waals surface area contributed by atoms with Gasteiger partial charge in [0.05, 0.1) is 5.69 Å². The number of nitrogens with zero attached hydrogens (tertiary/aromatic N) is 2. The number of halogens is 1. The third-order valence-corrected chi connectivity index (χ3v) is 2.28. The number of benzene rings is 1. The second-order valence-electron chi connectivity index (χ2n) is 3.81. The number of nitrogens with one attached hydrogen (secondary N) is 1. The molecule has 0 saturated carbocycles. The van der Waals surface area contributed by atoms with Crippen molar-refractivity contribution in [1.29, 1.82) is 0 Å². The molecule has 1 amide bonds. The Morgan fingerprint density at radius 2 is 2.16 bits per heavy atom. The average molecular weight is 261 g/mol. The average Bonchev–Trinajstić information content (AvgIpc) is 2.39. The van der Waals surface area contributed by atoms with Crippen molar-refractivity contribution >= 4 is 11.6 Å². The number of hydrogen-bond acceptors (Lipinski definition) is 4. The number of carbonyl (C=O) groups is 1. The SMILES string of the molecule is Cc1cc(OCC(=O)Nc2ccccc2F)ncn1. The van der Waals surface area contributed by atoms with Crippen molar-refractivity contribution in [3.8, 4) is 5.88 Å². The minimum absolute atomic E-state index is 0.120. The van der Waals surface area contributed by atoms with Gasteiger partial charge in [-0.05, 0) is 19.1 Å². The van der Waals surface area contributed by atoms with Gasteiger partial charge in [0.15, 0.2) is 6.61 Å². The lowest BCUT2D eigenvalue weighted by Gasteiger charge is -2.07. The normalized spacial score (nSPS) is 10.0. The Kier molecular flexibility index (Phi) is 4.02. The Morgan fingerprint density at radius 3 is 2.89 bits per heavy atom. The number of amides is 1. The number of hydrogen-bond donors (Lipinski definition) is 1. The van der Waals surface area contributed by atoms with Gasteiger partial charge in [0.2, 0.25) is 5.88 Å². The summed E-state index contributed by atoms with van der Waals surface area (Å²) < 4.78 is 18.5. The van der Waals surface area contributed by atoms with Gasteiger partial charge >= 0.3 is 0 Å². The molecule has 6 heteroatoms. The van der Waals surface area contributed by atoms with Crippen LogP contribution in [-0.4, -0.2) is 22.5 Å². The van der Waals surface area contributed by atoms with Crippen LogP contribution in [0.15, 0.2) is 36.7 Å². The van der Waals surface area contributed by atoms with E-state index >= 15 is 0 Å². The minimum atomic E-state index is -0.492. The number of aryl methyl sites for hydroxylation is 1. The van der Waals surface area contributed by atoms with Crippen molar-refractivity contribution in [2.45, 2.75) is 6.92 Å². The molecular weight excluding hydrogens is 249 g/mol. The minimum Gasteiger partial charge on any atom is -0.467 e. The summed E-state index contributed by atoms with van der Waals surface area (Å²) in [6.45, 7) is 1.54. The first-order chi connectivity index (χ1) is 9.15. The van der Waals surface area contributed by atoms with Crippen LogP contribution >= 0.6 is 0 Å². The van der Waals surface area contributed by atoms with E-state index in [2.05, 4.69) is 15.3 Å². The first kappa shape index (κ1) is 12.9. The van der Waals surface area contributed by atoms with Crippen LogP contribution in [0, 0.1) is 12.7 Å². The van der Waals surface area contributed by atoms with Crippen molar-refractivity contribution in [1.82, 2.24) is 9.97 Å². The molecule has 0 unspecified atom stereocenters. The van der Waals surface area contributed by atoms with Crippen molar-refractivity contribution in [3.63, 3.8) is 0 Å². The summed E-state index contributed by atoms with van der Waals surface area (Å²) in [5, 5.41) is 2.41. The molecule has 0 radical (unpaired) electrons. The Morgan fingerprint density at radius 1 is 1.37 bits per heavy atom. The summed E-state index contributed by atoms with van der Waals surface area (Å²) in [5.74, 6) is -0.647. The Balaban J connectivity index is 1.90. The lowest BCUT2D eigenvalue weighted by molar-refractivity contribution is -0.118. The van der Waals surface area contributed by atoms with Crippen LogP contribution in [0.1, 0.15) is 5.69 Å². The molecule has 0 aliphatic rings.